The maximum absolute atomic E-state index is 12.4. The van der Waals surface area contributed by atoms with E-state index >= 15 is 0 Å². The third-order valence-electron chi connectivity index (χ3n) is 3.34. The fraction of sp³-hybridized carbons (Fsp3) is 0.188. The van der Waals surface area contributed by atoms with Gasteiger partial charge in [0.2, 0.25) is 0 Å². The van der Waals surface area contributed by atoms with Crippen LogP contribution in [0.2, 0.25) is 0 Å². The number of benzene rings is 1. The molecular weight excluding hydrogens is 296 g/mol. The Balaban J connectivity index is 1.88. The number of fused-ring (bicyclic) bond motifs is 1. The molecule has 0 saturated heterocycles. The Labute approximate surface area is 132 Å². The van der Waals surface area contributed by atoms with Crippen LogP contribution in [-0.2, 0) is 0 Å². The molecule has 5 nitrogen and oxygen atoms in total. The summed E-state index contributed by atoms with van der Waals surface area (Å²) >= 11 is 1.46. The summed E-state index contributed by atoms with van der Waals surface area (Å²) in [4.78, 5) is 19.7. The second-order valence-corrected chi connectivity index (χ2v) is 6.11. The molecule has 22 heavy (non-hydrogen) atoms. The first-order chi connectivity index (χ1) is 10.7. The molecule has 0 saturated carbocycles. The number of para-hydroxylation sites is 1. The highest BCUT2D eigenvalue weighted by molar-refractivity contribution is 7.11. The van der Waals surface area contributed by atoms with Gasteiger partial charge >= 0.3 is 0 Å². The first kappa shape index (κ1) is 14.5. The van der Waals surface area contributed by atoms with E-state index in [2.05, 4.69) is 34.3 Å². The average Bonchev–Trinajstić information content (AvgIpc) is 3.13. The molecule has 0 aliphatic carbocycles. The lowest BCUT2D eigenvalue weighted by Gasteiger charge is -2.06. The first-order valence-corrected chi connectivity index (χ1v) is 7.88. The molecule has 0 atom stereocenters. The van der Waals surface area contributed by atoms with E-state index in [1.807, 2.05) is 29.6 Å². The van der Waals surface area contributed by atoms with Gasteiger partial charge < -0.3 is 4.98 Å². The lowest BCUT2D eigenvalue weighted by Crippen LogP contribution is -2.19. The Morgan fingerprint density at radius 2 is 2.23 bits per heavy atom. The zero-order valence-corrected chi connectivity index (χ0v) is 13.1. The van der Waals surface area contributed by atoms with E-state index in [-0.39, 0.29) is 11.8 Å². The van der Waals surface area contributed by atoms with Gasteiger partial charge in [-0.15, -0.1) is 11.3 Å². The number of aromatic nitrogens is 2. The van der Waals surface area contributed by atoms with Gasteiger partial charge in [-0.1, -0.05) is 32.0 Å². The number of hydrogen-bond donors (Lipinski definition) is 2. The number of thiazole rings is 1. The highest BCUT2D eigenvalue weighted by Gasteiger charge is 2.19. The summed E-state index contributed by atoms with van der Waals surface area (Å²) in [6.45, 7) is 4.15. The van der Waals surface area contributed by atoms with E-state index in [9.17, 15) is 4.79 Å². The third-order valence-corrected chi connectivity index (χ3v) is 4.05. The molecule has 0 fully saturated rings. The van der Waals surface area contributed by atoms with Crippen molar-refractivity contribution < 1.29 is 4.79 Å². The van der Waals surface area contributed by atoms with Crippen molar-refractivity contribution in [1.82, 2.24) is 15.4 Å². The number of nitrogens with one attached hydrogen (secondary N) is 2. The Morgan fingerprint density at radius 3 is 2.95 bits per heavy atom. The van der Waals surface area contributed by atoms with E-state index in [1.165, 1.54) is 11.3 Å². The van der Waals surface area contributed by atoms with Crippen LogP contribution in [-0.4, -0.2) is 22.1 Å². The molecule has 0 aliphatic heterocycles. The molecule has 0 radical (unpaired) electrons. The van der Waals surface area contributed by atoms with Gasteiger partial charge in [0.05, 0.1) is 6.21 Å². The number of rotatable bonds is 4. The number of hydrogen-bond acceptors (Lipinski definition) is 4. The number of hydrazone groups is 1. The fourth-order valence-electron chi connectivity index (χ4n) is 2.44. The fourth-order valence-corrected chi connectivity index (χ4v) is 2.94. The second-order valence-electron chi connectivity index (χ2n) is 5.18. The monoisotopic (exact) mass is 312 g/mol. The number of amides is 1. The third kappa shape index (κ3) is 2.78. The number of H-pyrrole nitrogens is 1. The van der Waals surface area contributed by atoms with Crippen LogP contribution in [0.15, 0.2) is 40.9 Å². The second kappa shape index (κ2) is 6.11. The van der Waals surface area contributed by atoms with Crippen molar-refractivity contribution in [2.75, 3.05) is 0 Å². The van der Waals surface area contributed by atoms with E-state index in [0.717, 1.165) is 21.5 Å². The van der Waals surface area contributed by atoms with E-state index in [0.29, 0.717) is 5.69 Å². The van der Waals surface area contributed by atoms with Gasteiger partial charge in [-0.3, -0.25) is 4.79 Å². The normalized spacial score (nSPS) is 11.6. The van der Waals surface area contributed by atoms with Crippen molar-refractivity contribution in [3.63, 3.8) is 0 Å². The van der Waals surface area contributed by atoms with Gasteiger partial charge in [0.1, 0.15) is 10.7 Å². The molecule has 0 unspecified atom stereocenters. The molecule has 112 valence electrons. The van der Waals surface area contributed by atoms with Gasteiger partial charge in [-0.2, -0.15) is 5.10 Å². The van der Waals surface area contributed by atoms with Crippen molar-refractivity contribution >= 4 is 34.4 Å². The minimum Gasteiger partial charge on any atom is -0.350 e. The van der Waals surface area contributed by atoms with Gasteiger partial charge in [0, 0.05) is 22.5 Å². The van der Waals surface area contributed by atoms with Crippen molar-refractivity contribution in [2.45, 2.75) is 19.8 Å². The van der Waals surface area contributed by atoms with Crippen LogP contribution in [0.25, 0.3) is 10.9 Å². The predicted octanol–water partition coefficient (Wildman–Crippen LogP) is 3.51. The van der Waals surface area contributed by atoms with E-state index < -0.39 is 0 Å². The van der Waals surface area contributed by atoms with Crippen LogP contribution in [0.3, 0.4) is 0 Å². The number of nitrogens with zero attached hydrogens (tertiary/aromatic N) is 2. The molecule has 2 aromatic heterocycles. The average molecular weight is 312 g/mol. The van der Waals surface area contributed by atoms with Crippen LogP contribution in [0.1, 0.15) is 40.8 Å². The molecule has 2 heterocycles. The molecule has 3 aromatic rings. The summed E-state index contributed by atoms with van der Waals surface area (Å²) in [5, 5.41) is 7.65. The summed E-state index contributed by atoms with van der Waals surface area (Å²) in [7, 11) is 0. The maximum Gasteiger partial charge on any atom is 0.288 e. The van der Waals surface area contributed by atoms with Crippen LogP contribution in [0, 0.1) is 0 Å². The summed E-state index contributed by atoms with van der Waals surface area (Å²) < 4.78 is 0. The van der Waals surface area contributed by atoms with Gasteiger partial charge in [-0.05, 0) is 17.5 Å². The zero-order chi connectivity index (χ0) is 15.5. The Bertz CT molecular complexity index is 818. The largest absolute Gasteiger partial charge is 0.350 e. The Kier molecular flexibility index (Phi) is 4.02. The molecule has 1 aromatic carbocycles. The standard InChI is InChI=1S/C16H16N4OS/c1-10(2)14-11-5-3-4-6-12(11)19-15(14)16(21)20-18-9-13-17-7-8-22-13/h3-10,19H,1-2H3,(H,20,21). The van der Waals surface area contributed by atoms with E-state index in [4.69, 9.17) is 0 Å². The first-order valence-electron chi connectivity index (χ1n) is 7.00. The van der Waals surface area contributed by atoms with Crippen molar-refractivity contribution in [3.05, 3.63) is 52.1 Å². The number of carbonyl (C=O) groups excluding carboxylic acids is 1. The quantitative estimate of drug-likeness (QED) is 0.571. The smallest absolute Gasteiger partial charge is 0.288 e. The Hall–Kier alpha value is -2.47. The lowest BCUT2D eigenvalue weighted by atomic mass is 9.99. The van der Waals surface area contributed by atoms with E-state index in [1.54, 1.807) is 12.4 Å². The minimum absolute atomic E-state index is 0.236. The highest BCUT2D eigenvalue weighted by atomic mass is 32.1. The molecular formula is C16H16N4OS. The summed E-state index contributed by atoms with van der Waals surface area (Å²) in [5.74, 6) is -0.00690. The molecule has 0 spiro atoms. The summed E-state index contributed by atoms with van der Waals surface area (Å²) in [5.41, 5.74) is 5.09. The van der Waals surface area contributed by atoms with Gasteiger partial charge in [-0.25, -0.2) is 10.4 Å². The van der Waals surface area contributed by atoms with Gasteiger partial charge in [0.25, 0.3) is 5.91 Å². The van der Waals surface area contributed by atoms with Crippen molar-refractivity contribution in [2.24, 2.45) is 5.10 Å². The molecule has 1 amide bonds. The molecule has 0 aliphatic rings. The summed E-state index contributed by atoms with van der Waals surface area (Å²) in [6, 6.07) is 7.92. The van der Waals surface area contributed by atoms with Crippen molar-refractivity contribution in [3.8, 4) is 0 Å². The predicted molar refractivity (Wildman–Crippen MR) is 89.6 cm³/mol. The number of aromatic amines is 1. The minimum atomic E-state index is -0.243. The Morgan fingerprint density at radius 1 is 1.41 bits per heavy atom. The van der Waals surface area contributed by atoms with Crippen LogP contribution in [0.5, 0.6) is 0 Å². The van der Waals surface area contributed by atoms with Gasteiger partial charge in [0.15, 0.2) is 0 Å². The SMILES string of the molecule is CC(C)c1c(C(=O)NN=Cc2nccs2)[nH]c2ccccc12. The topological polar surface area (TPSA) is 70.1 Å². The van der Waals surface area contributed by atoms with Crippen LogP contribution in [0.4, 0.5) is 0 Å². The molecule has 3 rings (SSSR count). The molecule has 2 N–H and O–H groups in total. The van der Waals surface area contributed by atoms with Crippen LogP contribution >= 0.6 is 11.3 Å². The molecule has 0 bridgehead atoms. The van der Waals surface area contributed by atoms with Crippen LogP contribution < -0.4 is 5.43 Å². The highest BCUT2D eigenvalue weighted by Crippen LogP contribution is 2.28. The maximum atomic E-state index is 12.4. The lowest BCUT2D eigenvalue weighted by molar-refractivity contribution is 0.0949. The zero-order valence-electron chi connectivity index (χ0n) is 12.3. The number of carbonyl (C=O) groups is 1. The summed E-state index contributed by atoms with van der Waals surface area (Å²) in [6.07, 6.45) is 3.24. The van der Waals surface area contributed by atoms with Crippen molar-refractivity contribution in [1.29, 1.82) is 0 Å². The molecule has 6 heteroatoms.